The van der Waals surface area contributed by atoms with Crippen molar-refractivity contribution in [2.45, 2.75) is 13.5 Å². The molecule has 0 fully saturated rings. The maximum Gasteiger partial charge on any atom is 0.342 e. The van der Waals surface area contributed by atoms with E-state index in [9.17, 15) is 9.18 Å². The Hall–Kier alpha value is -3.80. The van der Waals surface area contributed by atoms with Gasteiger partial charge in [-0.3, -0.25) is 0 Å². The average Bonchev–Trinajstić information content (AvgIpc) is 3.17. The summed E-state index contributed by atoms with van der Waals surface area (Å²) in [6.07, 6.45) is 0. The third-order valence-electron chi connectivity index (χ3n) is 4.84. The van der Waals surface area contributed by atoms with Gasteiger partial charge in [0.05, 0.1) is 13.7 Å². The van der Waals surface area contributed by atoms with Crippen LogP contribution in [0.3, 0.4) is 0 Å². The van der Waals surface area contributed by atoms with E-state index >= 15 is 0 Å². The second-order valence-corrected chi connectivity index (χ2v) is 6.79. The van der Waals surface area contributed by atoms with Crippen molar-refractivity contribution >= 4 is 16.9 Å². The summed E-state index contributed by atoms with van der Waals surface area (Å²) in [4.78, 5) is 12.8. The molecule has 0 radical (unpaired) electrons. The van der Waals surface area contributed by atoms with E-state index in [4.69, 9.17) is 18.6 Å². The van der Waals surface area contributed by atoms with Crippen molar-refractivity contribution in [3.05, 3.63) is 83.7 Å². The predicted octanol–water partition coefficient (Wildman–Crippen LogP) is 6.00. The number of hydrogen-bond acceptors (Lipinski definition) is 5. The van der Waals surface area contributed by atoms with Crippen molar-refractivity contribution in [3.63, 3.8) is 0 Å². The van der Waals surface area contributed by atoms with Crippen molar-refractivity contribution in [3.8, 4) is 22.8 Å². The molecule has 0 amide bonds. The van der Waals surface area contributed by atoms with Crippen molar-refractivity contribution in [2.75, 3.05) is 13.7 Å². The molecule has 3 aromatic carbocycles. The number of ether oxygens (including phenoxy) is 3. The van der Waals surface area contributed by atoms with Crippen molar-refractivity contribution in [1.29, 1.82) is 0 Å². The minimum atomic E-state index is -0.488. The summed E-state index contributed by atoms with van der Waals surface area (Å²) in [5, 5.41) is 0.565. The third-order valence-corrected chi connectivity index (χ3v) is 4.84. The van der Waals surface area contributed by atoms with Gasteiger partial charge in [-0.15, -0.1) is 0 Å². The first-order valence-corrected chi connectivity index (χ1v) is 9.85. The van der Waals surface area contributed by atoms with Gasteiger partial charge in [-0.25, -0.2) is 9.18 Å². The highest BCUT2D eigenvalue weighted by Gasteiger charge is 2.24. The molecule has 158 valence electrons. The lowest BCUT2D eigenvalue weighted by atomic mass is 10.1. The topological polar surface area (TPSA) is 57.9 Å². The largest absolute Gasteiger partial charge is 0.497 e. The Labute approximate surface area is 179 Å². The number of furan rings is 1. The molecule has 4 rings (SSSR count). The molecule has 0 N–H and O–H groups in total. The second-order valence-electron chi connectivity index (χ2n) is 6.79. The fourth-order valence-corrected chi connectivity index (χ4v) is 3.29. The number of methoxy groups -OCH3 is 1. The molecule has 6 heteroatoms. The molecule has 5 nitrogen and oxygen atoms in total. The molecule has 1 heterocycles. The van der Waals surface area contributed by atoms with Gasteiger partial charge in [0, 0.05) is 16.5 Å². The van der Waals surface area contributed by atoms with Gasteiger partial charge in [-0.05, 0) is 55.5 Å². The minimum absolute atomic E-state index is 0.0656. The number of fused-ring (bicyclic) bond motifs is 1. The van der Waals surface area contributed by atoms with E-state index in [1.165, 1.54) is 6.07 Å². The minimum Gasteiger partial charge on any atom is -0.497 e. The fourth-order valence-electron chi connectivity index (χ4n) is 3.29. The number of halogens is 1. The molecule has 0 aliphatic heterocycles. The highest BCUT2D eigenvalue weighted by molar-refractivity contribution is 6.09. The monoisotopic (exact) mass is 420 g/mol. The van der Waals surface area contributed by atoms with Gasteiger partial charge in [-0.2, -0.15) is 0 Å². The molecule has 1 aromatic heterocycles. The summed E-state index contributed by atoms with van der Waals surface area (Å²) in [5.74, 6) is 0.770. The maximum atomic E-state index is 13.9. The quantitative estimate of drug-likeness (QED) is 0.343. The molecule has 0 atom stereocenters. The van der Waals surface area contributed by atoms with Gasteiger partial charge in [-0.1, -0.05) is 18.2 Å². The first kappa shape index (κ1) is 20.5. The molecule has 0 saturated carbocycles. The Morgan fingerprint density at radius 1 is 1.00 bits per heavy atom. The molecule has 0 unspecified atom stereocenters. The van der Waals surface area contributed by atoms with Gasteiger partial charge < -0.3 is 18.6 Å². The maximum absolute atomic E-state index is 13.9. The van der Waals surface area contributed by atoms with Crippen molar-refractivity contribution in [2.24, 2.45) is 0 Å². The van der Waals surface area contributed by atoms with Crippen LogP contribution in [0, 0.1) is 5.82 Å². The summed E-state index contributed by atoms with van der Waals surface area (Å²) in [5.41, 5.74) is 2.00. The van der Waals surface area contributed by atoms with Crippen LogP contribution in [-0.2, 0) is 11.3 Å². The number of hydrogen-bond donors (Lipinski definition) is 0. The van der Waals surface area contributed by atoms with Crippen LogP contribution in [0.25, 0.3) is 22.3 Å². The molecule has 0 bridgehead atoms. The van der Waals surface area contributed by atoms with Crippen LogP contribution in [0.15, 0.2) is 71.1 Å². The molecular weight excluding hydrogens is 399 g/mol. The lowest BCUT2D eigenvalue weighted by Crippen LogP contribution is -2.05. The summed E-state index contributed by atoms with van der Waals surface area (Å²) in [6.45, 7) is 2.04. The summed E-state index contributed by atoms with van der Waals surface area (Å²) >= 11 is 0. The van der Waals surface area contributed by atoms with Gasteiger partial charge in [0.15, 0.2) is 0 Å². The lowest BCUT2D eigenvalue weighted by molar-refractivity contribution is 0.0528. The molecule has 0 aliphatic rings. The smallest absolute Gasteiger partial charge is 0.342 e. The molecule has 31 heavy (non-hydrogen) atoms. The van der Waals surface area contributed by atoms with E-state index in [0.29, 0.717) is 44.9 Å². The van der Waals surface area contributed by atoms with Crippen LogP contribution in [0.2, 0.25) is 0 Å². The normalized spacial score (nSPS) is 10.8. The van der Waals surface area contributed by atoms with Crippen LogP contribution >= 0.6 is 0 Å². The number of carbonyl (C=O) groups excluding carboxylic acids is 1. The zero-order valence-electron chi connectivity index (χ0n) is 17.2. The van der Waals surface area contributed by atoms with Gasteiger partial charge in [0.1, 0.15) is 40.8 Å². The van der Waals surface area contributed by atoms with Gasteiger partial charge in [0.2, 0.25) is 0 Å². The highest BCUT2D eigenvalue weighted by Crippen LogP contribution is 2.36. The standard InChI is InChI=1S/C25H21FO5/c1-3-29-25(27)23-20-14-19(30-15-17-6-4-5-7-21(17)26)12-13-22(20)31-24(23)16-8-10-18(28-2)11-9-16/h4-14H,3,15H2,1-2H3. The first-order valence-electron chi connectivity index (χ1n) is 9.85. The van der Waals surface area contributed by atoms with Crippen molar-refractivity contribution in [1.82, 2.24) is 0 Å². The Balaban J connectivity index is 1.73. The third kappa shape index (κ3) is 4.23. The zero-order chi connectivity index (χ0) is 21.8. The van der Waals surface area contributed by atoms with E-state index in [-0.39, 0.29) is 19.0 Å². The Morgan fingerprint density at radius 2 is 1.74 bits per heavy atom. The van der Waals surface area contributed by atoms with E-state index in [0.717, 1.165) is 0 Å². The number of benzene rings is 3. The van der Waals surface area contributed by atoms with Crippen LogP contribution in [0.1, 0.15) is 22.8 Å². The summed E-state index contributed by atoms with van der Waals surface area (Å²) < 4.78 is 36.1. The number of rotatable bonds is 7. The molecule has 4 aromatic rings. The van der Waals surface area contributed by atoms with Crippen molar-refractivity contribution < 1.29 is 27.8 Å². The molecule has 0 saturated heterocycles. The van der Waals surface area contributed by atoms with Crippen LogP contribution in [0.5, 0.6) is 11.5 Å². The summed E-state index contributed by atoms with van der Waals surface area (Å²) in [7, 11) is 1.59. The van der Waals surface area contributed by atoms with E-state index < -0.39 is 5.97 Å². The van der Waals surface area contributed by atoms with E-state index in [1.54, 1.807) is 62.6 Å². The van der Waals surface area contributed by atoms with Crippen LogP contribution in [-0.4, -0.2) is 19.7 Å². The Bertz CT molecular complexity index is 1210. The zero-order valence-corrected chi connectivity index (χ0v) is 17.2. The summed E-state index contributed by atoms with van der Waals surface area (Å²) in [6, 6.07) is 18.8. The predicted molar refractivity (Wildman–Crippen MR) is 115 cm³/mol. The van der Waals surface area contributed by atoms with Crippen LogP contribution < -0.4 is 9.47 Å². The molecule has 0 spiro atoms. The first-order chi connectivity index (χ1) is 15.1. The lowest BCUT2D eigenvalue weighted by Gasteiger charge is -2.07. The number of carbonyl (C=O) groups is 1. The Kier molecular flexibility index (Phi) is 5.89. The molecule has 0 aliphatic carbocycles. The van der Waals surface area contributed by atoms with E-state index in [1.807, 2.05) is 12.1 Å². The van der Waals surface area contributed by atoms with Crippen LogP contribution in [0.4, 0.5) is 4.39 Å². The Morgan fingerprint density at radius 3 is 2.45 bits per heavy atom. The van der Waals surface area contributed by atoms with Gasteiger partial charge >= 0.3 is 5.97 Å². The average molecular weight is 420 g/mol. The fraction of sp³-hybridized carbons (Fsp3) is 0.160. The van der Waals surface area contributed by atoms with Gasteiger partial charge in [0.25, 0.3) is 0 Å². The SMILES string of the molecule is CCOC(=O)c1c(-c2ccc(OC)cc2)oc2ccc(OCc3ccccc3F)cc12. The highest BCUT2D eigenvalue weighted by atomic mass is 19.1. The molecular formula is C25H21FO5. The second kappa shape index (κ2) is 8.92. The van der Waals surface area contributed by atoms with E-state index in [2.05, 4.69) is 0 Å². The number of esters is 1.